The van der Waals surface area contributed by atoms with Gasteiger partial charge in [-0.25, -0.2) is 0 Å². The molecule has 1 nitrogen and oxygen atoms in total. The van der Waals surface area contributed by atoms with Crippen LogP contribution in [-0.2, 0) is 4.74 Å². The van der Waals surface area contributed by atoms with Gasteiger partial charge in [-0.1, -0.05) is 112 Å². The van der Waals surface area contributed by atoms with E-state index in [0.717, 1.165) is 12.8 Å². The number of ether oxygens (including phenoxy) is 1. The highest BCUT2D eigenvalue weighted by Crippen LogP contribution is 2.34. The minimum atomic E-state index is -0.296. The molecule has 0 N–H and O–H groups in total. The second-order valence-corrected chi connectivity index (χ2v) is 9.35. The average Bonchev–Trinajstić information content (AvgIpc) is 2.73. The molecular weight excluding hydrogens is 347 g/mol. The monoisotopic (exact) mass is 382 g/mol. The largest absolute Gasteiger partial charge is 0.377 e. The zero-order valence-corrected chi connectivity index (χ0v) is 17.9. The number of methoxy groups -OCH3 is 1. The minimum absolute atomic E-state index is 0.270. The van der Waals surface area contributed by atoms with Gasteiger partial charge in [0.2, 0.25) is 0 Å². The fourth-order valence-electron chi connectivity index (χ4n) is 3.32. The molecule has 0 aliphatic rings. The first-order valence-electron chi connectivity index (χ1n) is 10.4. The Bertz CT molecular complexity index is 584. The lowest BCUT2D eigenvalue weighted by Gasteiger charge is -2.18. The van der Waals surface area contributed by atoms with Crippen LogP contribution < -0.4 is 10.6 Å². The summed E-state index contributed by atoms with van der Waals surface area (Å²) in [6.45, 7) is 2.26. The van der Waals surface area contributed by atoms with Crippen molar-refractivity contribution < 1.29 is 4.74 Å². The third-order valence-electron chi connectivity index (χ3n) is 4.90. The van der Waals surface area contributed by atoms with E-state index in [1.54, 1.807) is 0 Å². The highest BCUT2D eigenvalue weighted by Gasteiger charge is 2.12. The Kier molecular flexibility index (Phi) is 11.1. The van der Waals surface area contributed by atoms with Crippen LogP contribution in [0, 0.1) is 0 Å². The van der Waals surface area contributed by atoms with Crippen molar-refractivity contribution >= 4 is 18.5 Å². The maximum atomic E-state index is 5.65. The smallest absolute Gasteiger partial charge is 0.0752 e. The molecule has 0 heterocycles. The minimum Gasteiger partial charge on any atom is -0.377 e. The van der Waals surface area contributed by atoms with Gasteiger partial charge in [0, 0.05) is 7.11 Å². The fraction of sp³-hybridized carbons (Fsp3) is 0.440. The summed E-state index contributed by atoms with van der Waals surface area (Å²) in [5.74, 6) is 0. The summed E-state index contributed by atoms with van der Waals surface area (Å²) in [5.41, 5.74) is 0. The van der Waals surface area contributed by atoms with Crippen LogP contribution >= 0.6 is 7.92 Å². The third-order valence-corrected chi connectivity index (χ3v) is 7.45. The van der Waals surface area contributed by atoms with Gasteiger partial charge in [-0.15, -0.1) is 0 Å². The van der Waals surface area contributed by atoms with Crippen molar-refractivity contribution in [3.05, 3.63) is 72.8 Å². The number of hydrogen-bond donors (Lipinski definition) is 0. The summed E-state index contributed by atoms with van der Waals surface area (Å²) in [4.78, 5) is 0. The van der Waals surface area contributed by atoms with Gasteiger partial charge >= 0.3 is 0 Å². The van der Waals surface area contributed by atoms with Crippen LogP contribution in [0.5, 0.6) is 0 Å². The normalized spacial score (nSPS) is 12.7. The Morgan fingerprint density at radius 3 is 2.00 bits per heavy atom. The zero-order valence-electron chi connectivity index (χ0n) is 17.0. The predicted octanol–water partition coefficient (Wildman–Crippen LogP) is 6.44. The second-order valence-electron chi connectivity index (χ2n) is 7.02. The van der Waals surface area contributed by atoms with E-state index in [-0.39, 0.29) is 14.0 Å². The van der Waals surface area contributed by atoms with Gasteiger partial charge in [-0.2, -0.15) is 0 Å². The van der Waals surface area contributed by atoms with E-state index < -0.39 is 0 Å². The molecule has 0 aliphatic heterocycles. The van der Waals surface area contributed by atoms with Crippen molar-refractivity contribution in [2.75, 3.05) is 13.3 Å². The molecule has 2 aromatic rings. The lowest BCUT2D eigenvalue weighted by atomic mass is 10.1. The molecule has 0 saturated carbocycles. The molecule has 1 atom stereocenters. The van der Waals surface area contributed by atoms with E-state index in [1.165, 1.54) is 48.9 Å². The first-order chi connectivity index (χ1) is 13.3. The van der Waals surface area contributed by atoms with Gasteiger partial charge in [0.1, 0.15) is 0 Å². The molecule has 27 heavy (non-hydrogen) atoms. The van der Waals surface area contributed by atoms with E-state index in [9.17, 15) is 0 Å². The quantitative estimate of drug-likeness (QED) is 0.220. The molecule has 2 heteroatoms. The van der Waals surface area contributed by atoms with Crippen molar-refractivity contribution in [2.24, 2.45) is 0 Å². The standard InChI is InChI=1S/C25H35OP/c1-3-4-5-6-9-16-23(26-2)17-14-15-22-27(24-18-10-7-11-19-24)25-20-12-8-13-21-25/h7-8,10-14,17-21,23H,3-6,9,15-16,22H2,1-2H3/b17-14+. The summed E-state index contributed by atoms with van der Waals surface area (Å²) in [6, 6.07) is 21.9. The number of unbranched alkanes of at least 4 members (excludes halogenated alkanes) is 4. The highest BCUT2D eigenvalue weighted by atomic mass is 31.1. The van der Waals surface area contributed by atoms with Gasteiger partial charge in [-0.05, 0) is 37.5 Å². The van der Waals surface area contributed by atoms with Crippen LogP contribution in [0.3, 0.4) is 0 Å². The molecule has 0 bridgehead atoms. The first-order valence-corrected chi connectivity index (χ1v) is 11.9. The van der Waals surface area contributed by atoms with Gasteiger partial charge in [-0.3, -0.25) is 0 Å². The van der Waals surface area contributed by atoms with E-state index in [4.69, 9.17) is 4.74 Å². The average molecular weight is 383 g/mol. The summed E-state index contributed by atoms with van der Waals surface area (Å²) in [6.07, 6.45) is 14.9. The van der Waals surface area contributed by atoms with E-state index in [2.05, 4.69) is 79.7 Å². The molecule has 1 unspecified atom stereocenters. The number of allylic oxidation sites excluding steroid dienone is 1. The van der Waals surface area contributed by atoms with Gasteiger partial charge in [0.15, 0.2) is 0 Å². The molecule has 146 valence electrons. The van der Waals surface area contributed by atoms with Crippen LogP contribution in [0.2, 0.25) is 0 Å². The summed E-state index contributed by atoms with van der Waals surface area (Å²) < 4.78 is 5.65. The Morgan fingerprint density at radius 1 is 0.852 bits per heavy atom. The zero-order chi connectivity index (χ0) is 19.2. The number of hydrogen-bond acceptors (Lipinski definition) is 1. The Hall–Kier alpha value is -1.43. The fourth-order valence-corrected chi connectivity index (χ4v) is 5.60. The maximum absolute atomic E-state index is 5.65. The number of benzene rings is 2. The van der Waals surface area contributed by atoms with Crippen molar-refractivity contribution in [1.29, 1.82) is 0 Å². The van der Waals surface area contributed by atoms with E-state index in [1.807, 2.05) is 7.11 Å². The van der Waals surface area contributed by atoms with Crippen molar-refractivity contribution in [3.63, 3.8) is 0 Å². The second kappa shape index (κ2) is 13.7. The molecule has 2 rings (SSSR count). The summed E-state index contributed by atoms with van der Waals surface area (Å²) in [7, 11) is 1.54. The highest BCUT2D eigenvalue weighted by molar-refractivity contribution is 7.73. The molecule has 0 aromatic heterocycles. The Labute approximate surface area is 167 Å². The topological polar surface area (TPSA) is 9.23 Å². The molecule has 0 amide bonds. The molecule has 2 aromatic carbocycles. The number of rotatable bonds is 13. The van der Waals surface area contributed by atoms with Crippen LogP contribution in [0.15, 0.2) is 72.8 Å². The van der Waals surface area contributed by atoms with Crippen molar-refractivity contribution in [1.82, 2.24) is 0 Å². The van der Waals surface area contributed by atoms with Gasteiger partial charge in [0.25, 0.3) is 0 Å². The van der Waals surface area contributed by atoms with Gasteiger partial charge < -0.3 is 4.74 Å². The van der Waals surface area contributed by atoms with Crippen LogP contribution in [-0.4, -0.2) is 19.4 Å². The van der Waals surface area contributed by atoms with Crippen molar-refractivity contribution in [2.45, 2.75) is 58.0 Å². The first kappa shape index (κ1) is 21.9. The van der Waals surface area contributed by atoms with Crippen LogP contribution in [0.1, 0.15) is 51.9 Å². The lowest BCUT2D eigenvalue weighted by Crippen LogP contribution is -2.13. The lowest BCUT2D eigenvalue weighted by molar-refractivity contribution is 0.130. The van der Waals surface area contributed by atoms with Crippen LogP contribution in [0.25, 0.3) is 0 Å². The van der Waals surface area contributed by atoms with E-state index in [0.29, 0.717) is 0 Å². The Morgan fingerprint density at radius 2 is 1.44 bits per heavy atom. The molecule has 0 radical (unpaired) electrons. The molecule has 0 spiro atoms. The maximum Gasteiger partial charge on any atom is 0.0752 e. The van der Waals surface area contributed by atoms with Gasteiger partial charge in [0.05, 0.1) is 6.10 Å². The van der Waals surface area contributed by atoms with E-state index >= 15 is 0 Å². The molecule has 0 fully saturated rings. The molecule has 0 saturated heterocycles. The Balaban J connectivity index is 1.86. The summed E-state index contributed by atoms with van der Waals surface area (Å²) >= 11 is 0. The summed E-state index contributed by atoms with van der Waals surface area (Å²) in [5, 5.41) is 2.93. The predicted molar refractivity (Wildman–Crippen MR) is 122 cm³/mol. The van der Waals surface area contributed by atoms with Crippen LogP contribution in [0.4, 0.5) is 0 Å². The third kappa shape index (κ3) is 8.41. The molecule has 0 aliphatic carbocycles. The SMILES string of the molecule is CCCCCCCC(/C=C/CCP(c1ccccc1)c1ccccc1)OC. The molecular formula is C25H35OP. The van der Waals surface area contributed by atoms with Crippen molar-refractivity contribution in [3.8, 4) is 0 Å².